The summed E-state index contributed by atoms with van der Waals surface area (Å²) in [4.78, 5) is 4.39. The van der Waals surface area contributed by atoms with Crippen LogP contribution in [0, 0.1) is 6.92 Å². The van der Waals surface area contributed by atoms with Crippen molar-refractivity contribution in [3.63, 3.8) is 0 Å². The van der Waals surface area contributed by atoms with Crippen molar-refractivity contribution >= 4 is 16.6 Å². The number of alkyl halides is 3. The van der Waals surface area contributed by atoms with Gasteiger partial charge in [0.15, 0.2) is 0 Å². The van der Waals surface area contributed by atoms with Crippen LogP contribution in [0.5, 0.6) is 0 Å². The number of ether oxygens (including phenoxy) is 1. The highest BCUT2D eigenvalue weighted by Gasteiger charge is 2.27. The number of para-hydroxylation sites is 1. The number of anilines is 1. The average molecular weight is 284 g/mol. The van der Waals surface area contributed by atoms with E-state index < -0.39 is 12.8 Å². The van der Waals surface area contributed by atoms with E-state index in [1.54, 1.807) is 0 Å². The zero-order chi connectivity index (χ0) is 14.6. The molecule has 0 aliphatic carbocycles. The zero-order valence-electron chi connectivity index (χ0n) is 11.0. The molecule has 0 aliphatic rings. The molecular formula is C14H15F3N2O. The highest BCUT2D eigenvalue weighted by molar-refractivity contribution is 5.91. The lowest BCUT2D eigenvalue weighted by atomic mass is 10.1. The molecule has 6 heteroatoms. The van der Waals surface area contributed by atoms with Crippen molar-refractivity contribution < 1.29 is 17.9 Å². The summed E-state index contributed by atoms with van der Waals surface area (Å²) in [7, 11) is 0. The highest BCUT2D eigenvalue weighted by atomic mass is 19.4. The van der Waals surface area contributed by atoms with Crippen molar-refractivity contribution in [2.75, 3.05) is 25.1 Å². The van der Waals surface area contributed by atoms with Crippen molar-refractivity contribution in [1.29, 1.82) is 0 Å². The predicted octanol–water partition coefficient (Wildman–Crippen LogP) is 3.53. The second-order valence-electron chi connectivity index (χ2n) is 4.42. The largest absolute Gasteiger partial charge is 0.411 e. The molecule has 0 radical (unpaired) electrons. The summed E-state index contributed by atoms with van der Waals surface area (Å²) < 4.78 is 40.3. The molecule has 0 unspecified atom stereocenters. The number of nitrogens with one attached hydrogen (secondary N) is 1. The molecule has 1 aromatic carbocycles. The molecule has 2 aromatic rings. The van der Waals surface area contributed by atoms with Gasteiger partial charge in [-0.15, -0.1) is 0 Å². The van der Waals surface area contributed by atoms with Gasteiger partial charge < -0.3 is 10.1 Å². The SMILES string of the molecule is Cc1cc(NCCOCC(F)(F)F)c2ccccc2n1. The Balaban J connectivity index is 1.96. The van der Waals surface area contributed by atoms with Gasteiger partial charge in [-0.1, -0.05) is 18.2 Å². The number of aromatic nitrogens is 1. The Kier molecular flexibility index (Phi) is 4.44. The lowest BCUT2D eigenvalue weighted by molar-refractivity contribution is -0.172. The molecule has 0 saturated carbocycles. The number of halogens is 3. The van der Waals surface area contributed by atoms with Crippen LogP contribution < -0.4 is 5.32 Å². The first-order valence-electron chi connectivity index (χ1n) is 6.20. The van der Waals surface area contributed by atoms with Gasteiger partial charge in [0.2, 0.25) is 0 Å². The van der Waals surface area contributed by atoms with Crippen LogP contribution in [0.3, 0.4) is 0 Å². The van der Waals surface area contributed by atoms with Crippen molar-refractivity contribution in [2.24, 2.45) is 0 Å². The van der Waals surface area contributed by atoms with E-state index in [-0.39, 0.29) is 6.61 Å². The van der Waals surface area contributed by atoms with Crippen LogP contribution in [0.25, 0.3) is 10.9 Å². The van der Waals surface area contributed by atoms with Gasteiger partial charge in [-0.2, -0.15) is 13.2 Å². The van der Waals surface area contributed by atoms with Gasteiger partial charge in [-0.3, -0.25) is 4.98 Å². The standard InChI is InChI=1S/C14H15F3N2O/c1-10-8-13(11-4-2-3-5-12(11)19-10)18-6-7-20-9-14(15,16)17/h2-5,8H,6-7,9H2,1H3,(H,18,19). The van der Waals surface area contributed by atoms with E-state index in [1.807, 2.05) is 37.3 Å². The van der Waals surface area contributed by atoms with Gasteiger partial charge in [-0.05, 0) is 19.1 Å². The second-order valence-corrected chi connectivity index (χ2v) is 4.42. The molecule has 1 heterocycles. The van der Waals surface area contributed by atoms with E-state index in [2.05, 4.69) is 15.0 Å². The quantitative estimate of drug-likeness (QED) is 0.853. The molecule has 1 N–H and O–H groups in total. The minimum Gasteiger partial charge on any atom is -0.382 e. The first kappa shape index (κ1) is 14.6. The molecule has 3 nitrogen and oxygen atoms in total. The molecule has 0 fully saturated rings. The Hall–Kier alpha value is -1.82. The minimum absolute atomic E-state index is 0.00475. The maximum Gasteiger partial charge on any atom is 0.411 e. The first-order valence-corrected chi connectivity index (χ1v) is 6.20. The van der Waals surface area contributed by atoms with Crippen LogP contribution in [-0.4, -0.2) is 30.9 Å². The van der Waals surface area contributed by atoms with Gasteiger partial charge >= 0.3 is 6.18 Å². The second kappa shape index (κ2) is 6.09. The summed E-state index contributed by atoms with van der Waals surface area (Å²) in [6.45, 7) is 0.960. The number of pyridine rings is 1. The Morgan fingerprint density at radius 3 is 2.75 bits per heavy atom. The monoisotopic (exact) mass is 284 g/mol. The number of fused-ring (bicyclic) bond motifs is 1. The fourth-order valence-corrected chi connectivity index (χ4v) is 1.90. The normalized spacial score (nSPS) is 11.8. The number of aryl methyl sites for hydroxylation is 1. The van der Waals surface area contributed by atoms with Gasteiger partial charge in [-0.25, -0.2) is 0 Å². The van der Waals surface area contributed by atoms with E-state index in [4.69, 9.17) is 0 Å². The maximum absolute atomic E-state index is 11.9. The molecule has 20 heavy (non-hydrogen) atoms. The molecule has 0 bridgehead atoms. The lowest BCUT2D eigenvalue weighted by Crippen LogP contribution is -2.20. The van der Waals surface area contributed by atoms with Crippen LogP contribution in [-0.2, 0) is 4.74 Å². The summed E-state index contributed by atoms with van der Waals surface area (Å²) >= 11 is 0. The Labute approximate surface area is 114 Å². The summed E-state index contributed by atoms with van der Waals surface area (Å²) in [6, 6.07) is 9.47. The number of nitrogens with zero attached hydrogens (tertiary/aromatic N) is 1. The number of rotatable bonds is 5. The van der Waals surface area contributed by atoms with Gasteiger partial charge in [0.25, 0.3) is 0 Å². The van der Waals surface area contributed by atoms with Crippen molar-refractivity contribution in [2.45, 2.75) is 13.1 Å². The first-order chi connectivity index (χ1) is 9.46. The van der Waals surface area contributed by atoms with Crippen molar-refractivity contribution in [3.8, 4) is 0 Å². The third-order valence-corrected chi connectivity index (χ3v) is 2.67. The molecule has 2 rings (SSSR count). The van der Waals surface area contributed by atoms with Crippen LogP contribution in [0.4, 0.5) is 18.9 Å². The summed E-state index contributed by atoms with van der Waals surface area (Å²) in [5.41, 5.74) is 2.55. The molecule has 0 spiro atoms. The smallest absolute Gasteiger partial charge is 0.382 e. The Bertz CT molecular complexity index is 584. The molecule has 1 aromatic heterocycles. The highest BCUT2D eigenvalue weighted by Crippen LogP contribution is 2.22. The summed E-state index contributed by atoms with van der Waals surface area (Å²) in [5, 5.41) is 4.02. The third-order valence-electron chi connectivity index (χ3n) is 2.67. The zero-order valence-corrected chi connectivity index (χ0v) is 11.0. The van der Waals surface area contributed by atoms with Gasteiger partial charge in [0, 0.05) is 23.3 Å². The fraction of sp³-hybridized carbons (Fsp3) is 0.357. The summed E-state index contributed by atoms with van der Waals surface area (Å²) in [6.07, 6.45) is -4.28. The van der Waals surface area contributed by atoms with Gasteiger partial charge in [0.1, 0.15) is 6.61 Å². The van der Waals surface area contributed by atoms with Crippen LogP contribution in [0.2, 0.25) is 0 Å². The van der Waals surface area contributed by atoms with E-state index in [0.29, 0.717) is 6.54 Å². The van der Waals surface area contributed by atoms with Gasteiger partial charge in [0.05, 0.1) is 12.1 Å². The molecule has 0 amide bonds. The fourth-order valence-electron chi connectivity index (χ4n) is 1.90. The molecule has 108 valence electrons. The Morgan fingerprint density at radius 2 is 2.00 bits per heavy atom. The number of benzene rings is 1. The van der Waals surface area contributed by atoms with Crippen molar-refractivity contribution in [3.05, 3.63) is 36.0 Å². The van der Waals surface area contributed by atoms with E-state index in [0.717, 1.165) is 22.3 Å². The number of hydrogen-bond acceptors (Lipinski definition) is 3. The van der Waals surface area contributed by atoms with E-state index in [1.165, 1.54) is 0 Å². The predicted molar refractivity (Wildman–Crippen MR) is 71.8 cm³/mol. The van der Waals surface area contributed by atoms with Crippen LogP contribution >= 0.6 is 0 Å². The van der Waals surface area contributed by atoms with E-state index >= 15 is 0 Å². The maximum atomic E-state index is 11.9. The van der Waals surface area contributed by atoms with E-state index in [9.17, 15) is 13.2 Å². The lowest BCUT2D eigenvalue weighted by Gasteiger charge is -2.11. The van der Waals surface area contributed by atoms with Crippen LogP contribution in [0.15, 0.2) is 30.3 Å². The Morgan fingerprint density at radius 1 is 1.25 bits per heavy atom. The molecule has 0 aliphatic heterocycles. The molecular weight excluding hydrogens is 269 g/mol. The average Bonchev–Trinajstić information content (AvgIpc) is 2.36. The summed E-state index contributed by atoms with van der Waals surface area (Å²) in [5.74, 6) is 0. The third kappa shape index (κ3) is 4.09. The number of hydrogen-bond donors (Lipinski definition) is 1. The van der Waals surface area contributed by atoms with Crippen molar-refractivity contribution in [1.82, 2.24) is 4.98 Å². The molecule has 0 atom stereocenters. The molecule has 0 saturated heterocycles. The topological polar surface area (TPSA) is 34.1 Å². The van der Waals surface area contributed by atoms with Crippen LogP contribution in [0.1, 0.15) is 5.69 Å². The minimum atomic E-state index is -4.28.